The van der Waals surface area contributed by atoms with Crippen molar-refractivity contribution in [1.29, 1.82) is 0 Å². The minimum atomic E-state index is -0.0638. The average molecular weight is 487 g/mol. The van der Waals surface area contributed by atoms with Crippen molar-refractivity contribution >= 4 is 34.8 Å². The summed E-state index contributed by atoms with van der Waals surface area (Å²) in [7, 11) is 1.83. The average Bonchev–Trinajstić information content (AvgIpc) is 2.82. The summed E-state index contributed by atoms with van der Waals surface area (Å²) < 4.78 is 5.86. The molecule has 184 valence electrons. The first-order chi connectivity index (χ1) is 16.1. The molecule has 3 N–H and O–H groups in total. The highest BCUT2D eigenvalue weighted by Crippen LogP contribution is 2.29. The third-order valence-electron chi connectivity index (χ3n) is 6.87. The van der Waals surface area contributed by atoms with Crippen molar-refractivity contribution in [2.45, 2.75) is 46.6 Å². The van der Waals surface area contributed by atoms with Crippen LogP contribution in [0, 0.1) is 27.7 Å². The van der Waals surface area contributed by atoms with Gasteiger partial charge in [-0.25, -0.2) is 0 Å². The van der Waals surface area contributed by atoms with Gasteiger partial charge < -0.3 is 20.7 Å². The van der Waals surface area contributed by atoms with Gasteiger partial charge in [0.05, 0.1) is 6.54 Å². The van der Waals surface area contributed by atoms with Gasteiger partial charge in [0, 0.05) is 42.6 Å². The summed E-state index contributed by atoms with van der Waals surface area (Å²) in [5.41, 5.74) is 11.3. The molecule has 0 saturated carbocycles. The molecule has 34 heavy (non-hydrogen) atoms. The van der Waals surface area contributed by atoms with Crippen molar-refractivity contribution in [3.63, 3.8) is 0 Å². The maximum Gasteiger partial charge on any atom is 0.260 e. The number of amides is 2. The molecular weight excluding hydrogens is 452 g/mol. The molecule has 0 radical (unpaired) electrons. The number of hydrogen-bond acceptors (Lipinski definition) is 5. The van der Waals surface area contributed by atoms with Crippen molar-refractivity contribution in [3.05, 3.63) is 51.5 Å². The summed E-state index contributed by atoms with van der Waals surface area (Å²) in [6.45, 7) is 9.54. The fraction of sp³-hybridized carbons (Fsp3) is 0.462. The van der Waals surface area contributed by atoms with Gasteiger partial charge in [-0.05, 0) is 81.0 Å². The molecule has 0 spiro atoms. The number of nitrogens with zero attached hydrogens (tertiary/aromatic N) is 2. The molecule has 1 fully saturated rings. The van der Waals surface area contributed by atoms with Gasteiger partial charge in [0.2, 0.25) is 5.91 Å². The highest BCUT2D eigenvalue weighted by molar-refractivity contribution is 6.31. The number of rotatable bonds is 7. The van der Waals surface area contributed by atoms with Gasteiger partial charge in [-0.15, -0.1) is 0 Å². The largest absolute Gasteiger partial charge is 0.483 e. The minimum absolute atomic E-state index is 0.0122. The quantitative estimate of drug-likeness (QED) is 0.575. The molecule has 7 nitrogen and oxygen atoms in total. The number of nitrogens with two attached hydrogens (primary N) is 1. The third-order valence-corrected chi connectivity index (χ3v) is 7.28. The van der Waals surface area contributed by atoms with Crippen molar-refractivity contribution in [2.75, 3.05) is 44.3 Å². The lowest BCUT2D eigenvalue weighted by Gasteiger charge is -2.36. The third kappa shape index (κ3) is 6.02. The number of hydrogen-bond donors (Lipinski definition) is 2. The SMILES string of the molecule is Cc1cc(OCC(=O)N(C)C2CCN(CC(=O)Nc3cccc(Cl)c3C)CC2)c(C)c(C)c1N. The topological polar surface area (TPSA) is 87.9 Å². The van der Waals surface area contributed by atoms with Gasteiger partial charge in [-0.2, -0.15) is 0 Å². The standard InChI is InChI=1S/C26H35ClN4O3/c1-16-13-23(17(2)18(3)26(16)28)34-15-25(33)30(5)20-9-11-31(12-10-20)14-24(32)29-22-8-6-7-21(27)19(22)4/h6-8,13,20H,9-12,14-15,28H2,1-5H3,(H,29,32). The number of carbonyl (C=O) groups is 2. The van der Waals surface area contributed by atoms with Crippen LogP contribution in [0.25, 0.3) is 0 Å². The molecule has 2 aromatic carbocycles. The first-order valence-corrected chi connectivity index (χ1v) is 12.0. The number of ether oxygens (including phenoxy) is 1. The Labute approximate surface area is 207 Å². The summed E-state index contributed by atoms with van der Waals surface area (Å²) in [4.78, 5) is 29.2. The maximum absolute atomic E-state index is 12.8. The van der Waals surface area contributed by atoms with Gasteiger partial charge in [0.1, 0.15) is 5.75 Å². The van der Waals surface area contributed by atoms with Gasteiger partial charge >= 0.3 is 0 Å². The van der Waals surface area contributed by atoms with Crippen LogP contribution in [0.2, 0.25) is 5.02 Å². The van der Waals surface area contributed by atoms with E-state index in [9.17, 15) is 9.59 Å². The Balaban J connectivity index is 1.47. The molecule has 0 aliphatic carbocycles. The van der Waals surface area contributed by atoms with Crippen LogP contribution in [0.1, 0.15) is 35.1 Å². The van der Waals surface area contributed by atoms with Crippen molar-refractivity contribution in [3.8, 4) is 5.75 Å². The zero-order valence-corrected chi connectivity index (χ0v) is 21.5. The predicted octanol–water partition coefficient (Wildman–Crippen LogP) is 4.10. The molecule has 3 rings (SSSR count). The molecule has 1 heterocycles. The van der Waals surface area contributed by atoms with Crippen LogP contribution in [0.4, 0.5) is 11.4 Å². The van der Waals surface area contributed by atoms with Gasteiger partial charge in [-0.1, -0.05) is 17.7 Å². The Morgan fingerprint density at radius 2 is 1.82 bits per heavy atom. The van der Waals surface area contributed by atoms with E-state index >= 15 is 0 Å². The second-order valence-corrected chi connectivity index (χ2v) is 9.52. The van der Waals surface area contributed by atoms with Crippen LogP contribution < -0.4 is 15.8 Å². The van der Waals surface area contributed by atoms with Crippen LogP contribution in [-0.4, -0.2) is 60.9 Å². The molecule has 1 aliphatic heterocycles. The van der Waals surface area contributed by atoms with E-state index < -0.39 is 0 Å². The summed E-state index contributed by atoms with van der Waals surface area (Å²) in [6.07, 6.45) is 1.62. The van der Waals surface area contributed by atoms with Crippen LogP contribution in [0.15, 0.2) is 24.3 Å². The Morgan fingerprint density at radius 1 is 1.15 bits per heavy atom. The van der Waals surface area contributed by atoms with E-state index in [-0.39, 0.29) is 24.5 Å². The maximum atomic E-state index is 12.8. The van der Waals surface area contributed by atoms with E-state index in [4.69, 9.17) is 22.1 Å². The summed E-state index contributed by atoms with van der Waals surface area (Å²) in [5, 5.41) is 3.58. The van der Waals surface area contributed by atoms with Crippen LogP contribution in [-0.2, 0) is 9.59 Å². The number of aryl methyl sites for hydroxylation is 1. The Hall–Kier alpha value is -2.77. The minimum Gasteiger partial charge on any atom is -0.483 e. The lowest BCUT2D eigenvalue weighted by atomic mass is 10.0. The molecule has 1 saturated heterocycles. The van der Waals surface area contributed by atoms with Crippen molar-refractivity contribution in [2.24, 2.45) is 0 Å². The number of carbonyl (C=O) groups excluding carboxylic acids is 2. The fourth-order valence-electron chi connectivity index (χ4n) is 4.26. The number of piperidine rings is 1. The molecule has 8 heteroatoms. The number of likely N-dealkylation sites (N-methyl/N-ethyl adjacent to an activating group) is 1. The second kappa shape index (κ2) is 11.1. The zero-order chi connectivity index (χ0) is 25.0. The Bertz CT molecular complexity index is 1060. The molecule has 2 aromatic rings. The van der Waals surface area contributed by atoms with E-state index in [1.165, 1.54) is 0 Å². The molecule has 1 aliphatic rings. The molecule has 0 bridgehead atoms. The lowest BCUT2D eigenvalue weighted by Crippen LogP contribution is -2.48. The van der Waals surface area contributed by atoms with E-state index in [1.54, 1.807) is 11.0 Å². The number of nitrogens with one attached hydrogen (secondary N) is 1. The van der Waals surface area contributed by atoms with E-state index in [0.717, 1.165) is 59.6 Å². The van der Waals surface area contributed by atoms with Crippen molar-refractivity contribution < 1.29 is 14.3 Å². The predicted molar refractivity (Wildman–Crippen MR) is 138 cm³/mol. The highest BCUT2D eigenvalue weighted by Gasteiger charge is 2.26. The molecule has 0 unspecified atom stereocenters. The molecular formula is C26H35ClN4O3. The normalized spacial score (nSPS) is 14.6. The Morgan fingerprint density at radius 3 is 2.50 bits per heavy atom. The number of halogens is 1. The molecule has 2 amide bonds. The number of nitrogen functional groups attached to an aromatic ring is 1. The monoisotopic (exact) mass is 486 g/mol. The second-order valence-electron chi connectivity index (χ2n) is 9.12. The first-order valence-electron chi connectivity index (χ1n) is 11.6. The lowest BCUT2D eigenvalue weighted by molar-refractivity contribution is -0.135. The zero-order valence-electron chi connectivity index (χ0n) is 20.7. The van der Waals surface area contributed by atoms with Crippen LogP contribution >= 0.6 is 11.6 Å². The summed E-state index contributed by atoms with van der Waals surface area (Å²) in [5.74, 6) is 0.576. The van der Waals surface area contributed by atoms with Gasteiger partial charge in [-0.3, -0.25) is 14.5 Å². The summed E-state index contributed by atoms with van der Waals surface area (Å²) in [6, 6.07) is 7.49. The fourth-order valence-corrected chi connectivity index (χ4v) is 4.44. The van der Waals surface area contributed by atoms with E-state index in [0.29, 0.717) is 17.3 Å². The van der Waals surface area contributed by atoms with Crippen molar-refractivity contribution in [1.82, 2.24) is 9.80 Å². The summed E-state index contributed by atoms with van der Waals surface area (Å²) >= 11 is 6.14. The molecule has 0 aromatic heterocycles. The van der Waals surface area contributed by atoms with E-state index in [2.05, 4.69) is 10.2 Å². The van der Waals surface area contributed by atoms with Gasteiger partial charge in [0.15, 0.2) is 6.61 Å². The van der Waals surface area contributed by atoms with Gasteiger partial charge in [0.25, 0.3) is 5.91 Å². The number of anilines is 2. The Kier molecular flexibility index (Phi) is 8.44. The van der Waals surface area contributed by atoms with Crippen LogP contribution in [0.3, 0.4) is 0 Å². The molecule has 0 atom stereocenters. The van der Waals surface area contributed by atoms with Crippen LogP contribution in [0.5, 0.6) is 5.75 Å². The van der Waals surface area contributed by atoms with E-state index in [1.807, 2.05) is 52.9 Å². The smallest absolute Gasteiger partial charge is 0.260 e. The number of likely N-dealkylation sites (tertiary alicyclic amines) is 1. The highest BCUT2D eigenvalue weighted by atomic mass is 35.5. The number of benzene rings is 2. The first kappa shape index (κ1) is 25.8.